The third-order valence-corrected chi connectivity index (χ3v) is 2.93. The van der Waals surface area contributed by atoms with Crippen LogP contribution in [-0.4, -0.2) is 28.6 Å². The van der Waals surface area contributed by atoms with Crippen molar-refractivity contribution in [3.63, 3.8) is 0 Å². The number of nitrogens with zero attached hydrogens (tertiary/aromatic N) is 2. The van der Waals surface area contributed by atoms with Gasteiger partial charge in [0.25, 0.3) is 0 Å². The molecule has 0 aliphatic heterocycles. The normalized spacial score (nSPS) is 11.2. The van der Waals surface area contributed by atoms with Gasteiger partial charge in [0, 0.05) is 24.3 Å². The van der Waals surface area contributed by atoms with Crippen molar-refractivity contribution >= 4 is 33.6 Å². The number of ether oxygens (including phenoxy) is 1. The second-order valence-corrected chi connectivity index (χ2v) is 6.18. The summed E-state index contributed by atoms with van der Waals surface area (Å²) in [6.07, 6.45) is 1.24. The Bertz CT molecular complexity index is 446. The van der Waals surface area contributed by atoms with Gasteiger partial charge in [-0.05, 0) is 48.3 Å². The molecular weight excluding hydrogens is 320 g/mol. The fourth-order valence-electron chi connectivity index (χ4n) is 1.23. The molecule has 1 amide bonds. The van der Waals surface area contributed by atoms with Crippen molar-refractivity contribution in [3.8, 4) is 0 Å². The highest BCUT2D eigenvalue weighted by atomic mass is 79.9. The molecule has 0 unspecified atom stereocenters. The standard InChI is InChI=1S/C12H16BrClN2O2/c1-12(2,3)18-11(17)16(4)7-8-5-10(14)15-6-9(8)13/h5-6H,7H2,1-4H3. The molecule has 0 aromatic carbocycles. The van der Waals surface area contributed by atoms with Crippen molar-refractivity contribution in [1.29, 1.82) is 0 Å². The van der Waals surface area contributed by atoms with Crippen LogP contribution in [-0.2, 0) is 11.3 Å². The highest BCUT2D eigenvalue weighted by molar-refractivity contribution is 9.10. The van der Waals surface area contributed by atoms with Crippen LogP contribution in [0.3, 0.4) is 0 Å². The second kappa shape index (κ2) is 5.89. The largest absolute Gasteiger partial charge is 0.444 e. The quantitative estimate of drug-likeness (QED) is 0.771. The lowest BCUT2D eigenvalue weighted by Crippen LogP contribution is -2.33. The van der Waals surface area contributed by atoms with Crippen LogP contribution in [0.15, 0.2) is 16.7 Å². The third-order valence-electron chi connectivity index (χ3n) is 2.01. The first-order valence-corrected chi connectivity index (χ1v) is 6.60. The van der Waals surface area contributed by atoms with Gasteiger partial charge in [0.15, 0.2) is 0 Å². The number of carbonyl (C=O) groups is 1. The summed E-state index contributed by atoms with van der Waals surface area (Å²) >= 11 is 9.19. The minimum atomic E-state index is -0.502. The summed E-state index contributed by atoms with van der Waals surface area (Å²) in [6, 6.07) is 1.71. The van der Waals surface area contributed by atoms with Gasteiger partial charge in [-0.15, -0.1) is 0 Å². The van der Waals surface area contributed by atoms with Crippen LogP contribution >= 0.6 is 27.5 Å². The summed E-state index contributed by atoms with van der Waals surface area (Å²) in [5, 5.41) is 0.394. The van der Waals surface area contributed by atoms with Crippen LogP contribution in [0.1, 0.15) is 26.3 Å². The number of hydrogen-bond donors (Lipinski definition) is 0. The van der Waals surface area contributed by atoms with Gasteiger partial charge in [-0.1, -0.05) is 11.6 Å². The van der Waals surface area contributed by atoms with Crippen molar-refractivity contribution < 1.29 is 9.53 Å². The van der Waals surface area contributed by atoms with Crippen LogP contribution in [0.4, 0.5) is 4.79 Å². The average Bonchev–Trinajstić information content (AvgIpc) is 2.21. The maximum Gasteiger partial charge on any atom is 0.410 e. The maximum atomic E-state index is 11.8. The summed E-state index contributed by atoms with van der Waals surface area (Å²) in [5.74, 6) is 0. The molecule has 0 spiro atoms. The van der Waals surface area contributed by atoms with Gasteiger partial charge in [-0.25, -0.2) is 9.78 Å². The monoisotopic (exact) mass is 334 g/mol. The fourth-order valence-corrected chi connectivity index (χ4v) is 1.76. The molecule has 0 saturated heterocycles. The molecule has 4 nitrogen and oxygen atoms in total. The Kier molecular flexibility index (Phi) is 4.99. The molecule has 0 radical (unpaired) electrons. The molecule has 1 heterocycles. The number of halogens is 2. The first kappa shape index (κ1) is 15.2. The zero-order chi connectivity index (χ0) is 13.9. The summed E-state index contributed by atoms with van der Waals surface area (Å²) in [7, 11) is 1.68. The van der Waals surface area contributed by atoms with Crippen LogP contribution in [0.25, 0.3) is 0 Å². The summed E-state index contributed by atoms with van der Waals surface area (Å²) in [4.78, 5) is 17.2. The molecule has 0 fully saturated rings. The number of hydrogen-bond acceptors (Lipinski definition) is 3. The molecule has 0 bridgehead atoms. The number of aromatic nitrogens is 1. The Morgan fingerprint density at radius 3 is 2.72 bits per heavy atom. The highest BCUT2D eigenvalue weighted by Gasteiger charge is 2.20. The molecule has 0 atom stereocenters. The summed E-state index contributed by atoms with van der Waals surface area (Å²) < 4.78 is 6.07. The van der Waals surface area contributed by atoms with E-state index >= 15 is 0 Å². The van der Waals surface area contributed by atoms with Gasteiger partial charge in [-0.2, -0.15) is 0 Å². The van der Waals surface area contributed by atoms with Gasteiger partial charge >= 0.3 is 6.09 Å². The number of pyridine rings is 1. The summed E-state index contributed by atoms with van der Waals surface area (Å²) in [6.45, 7) is 5.89. The predicted octanol–water partition coefficient (Wildman–Crippen LogP) is 3.86. The lowest BCUT2D eigenvalue weighted by atomic mass is 10.2. The Hall–Kier alpha value is -0.810. The molecule has 0 saturated carbocycles. The van der Waals surface area contributed by atoms with Crippen molar-refractivity contribution in [2.45, 2.75) is 32.9 Å². The SMILES string of the molecule is CN(Cc1cc(Cl)ncc1Br)C(=O)OC(C)(C)C. The smallest absolute Gasteiger partial charge is 0.410 e. The topological polar surface area (TPSA) is 42.4 Å². The van der Waals surface area contributed by atoms with Crippen LogP contribution in [0.2, 0.25) is 5.15 Å². The van der Waals surface area contributed by atoms with E-state index in [1.807, 2.05) is 20.8 Å². The highest BCUT2D eigenvalue weighted by Crippen LogP contribution is 2.20. The molecule has 0 N–H and O–H groups in total. The Balaban J connectivity index is 2.72. The first-order chi connectivity index (χ1) is 8.19. The molecule has 0 aliphatic carbocycles. The fraction of sp³-hybridized carbons (Fsp3) is 0.500. The number of amides is 1. The van der Waals surface area contributed by atoms with E-state index in [0.29, 0.717) is 11.7 Å². The van der Waals surface area contributed by atoms with Crippen molar-refractivity contribution in [2.75, 3.05) is 7.05 Å². The van der Waals surface area contributed by atoms with Gasteiger partial charge in [-0.3, -0.25) is 0 Å². The zero-order valence-corrected chi connectivity index (χ0v) is 13.2. The summed E-state index contributed by atoms with van der Waals surface area (Å²) in [5.41, 5.74) is 0.377. The van der Waals surface area contributed by atoms with Crippen LogP contribution < -0.4 is 0 Å². The number of carbonyl (C=O) groups excluding carboxylic acids is 1. The van der Waals surface area contributed by atoms with Crippen molar-refractivity contribution in [2.24, 2.45) is 0 Å². The lowest BCUT2D eigenvalue weighted by molar-refractivity contribution is 0.0285. The minimum absolute atomic E-state index is 0.373. The van der Waals surface area contributed by atoms with E-state index in [2.05, 4.69) is 20.9 Å². The van der Waals surface area contributed by atoms with E-state index in [1.54, 1.807) is 19.3 Å². The minimum Gasteiger partial charge on any atom is -0.444 e. The molecule has 6 heteroatoms. The lowest BCUT2D eigenvalue weighted by Gasteiger charge is -2.24. The Morgan fingerprint density at radius 1 is 1.56 bits per heavy atom. The molecule has 18 heavy (non-hydrogen) atoms. The van der Waals surface area contributed by atoms with Gasteiger partial charge in [0.1, 0.15) is 10.8 Å². The first-order valence-electron chi connectivity index (χ1n) is 5.43. The van der Waals surface area contributed by atoms with Crippen molar-refractivity contribution in [3.05, 3.63) is 27.5 Å². The van der Waals surface area contributed by atoms with E-state index in [-0.39, 0.29) is 6.09 Å². The third kappa shape index (κ3) is 4.82. The van der Waals surface area contributed by atoms with Crippen LogP contribution in [0.5, 0.6) is 0 Å². The van der Waals surface area contributed by atoms with E-state index in [9.17, 15) is 4.79 Å². The molecule has 1 aromatic rings. The zero-order valence-electron chi connectivity index (χ0n) is 10.8. The predicted molar refractivity (Wildman–Crippen MR) is 74.6 cm³/mol. The van der Waals surface area contributed by atoms with E-state index in [1.165, 1.54) is 4.90 Å². The molecule has 1 rings (SSSR count). The molecule has 0 aliphatic rings. The van der Waals surface area contributed by atoms with E-state index < -0.39 is 5.60 Å². The van der Waals surface area contributed by atoms with E-state index in [0.717, 1.165) is 10.0 Å². The second-order valence-electron chi connectivity index (χ2n) is 4.93. The molecule has 1 aromatic heterocycles. The van der Waals surface area contributed by atoms with E-state index in [4.69, 9.17) is 16.3 Å². The Morgan fingerprint density at radius 2 is 2.17 bits per heavy atom. The van der Waals surface area contributed by atoms with Gasteiger partial charge in [0.05, 0.1) is 0 Å². The number of rotatable bonds is 2. The van der Waals surface area contributed by atoms with Crippen molar-refractivity contribution in [1.82, 2.24) is 9.88 Å². The van der Waals surface area contributed by atoms with Gasteiger partial charge < -0.3 is 9.64 Å². The van der Waals surface area contributed by atoms with Crippen LogP contribution in [0, 0.1) is 0 Å². The maximum absolute atomic E-state index is 11.8. The average molecular weight is 336 g/mol. The molecular formula is C12H16BrClN2O2. The van der Waals surface area contributed by atoms with Gasteiger partial charge in [0.2, 0.25) is 0 Å². The Labute approximate surface area is 120 Å². The molecule has 100 valence electrons.